The summed E-state index contributed by atoms with van der Waals surface area (Å²) in [6.07, 6.45) is 7.84. The standard InChI is InChI=1S/C9H12N2/c10-6-3-1-2-4-9-5-7-11-8-9/h5,7-8,11H,1-4H2. The number of aromatic amines is 1. The Kier molecular flexibility index (Phi) is 3.27. The van der Waals surface area contributed by atoms with Crippen LogP contribution < -0.4 is 0 Å². The zero-order chi connectivity index (χ0) is 7.94. The van der Waals surface area contributed by atoms with E-state index in [1.807, 2.05) is 12.4 Å². The maximum Gasteiger partial charge on any atom is 0.0621 e. The van der Waals surface area contributed by atoms with Gasteiger partial charge in [-0.1, -0.05) is 0 Å². The lowest BCUT2D eigenvalue weighted by atomic mass is 10.1. The van der Waals surface area contributed by atoms with Crippen molar-refractivity contribution in [1.29, 1.82) is 5.26 Å². The van der Waals surface area contributed by atoms with Gasteiger partial charge >= 0.3 is 0 Å². The lowest BCUT2D eigenvalue weighted by molar-refractivity contribution is 0.753. The number of rotatable bonds is 4. The zero-order valence-corrected chi connectivity index (χ0v) is 6.51. The molecule has 0 aliphatic heterocycles. The lowest BCUT2D eigenvalue weighted by Gasteiger charge is -1.92. The Bertz CT molecular complexity index is 218. The van der Waals surface area contributed by atoms with Gasteiger partial charge in [-0.2, -0.15) is 5.26 Å². The van der Waals surface area contributed by atoms with E-state index in [0.29, 0.717) is 6.42 Å². The number of nitriles is 1. The summed E-state index contributed by atoms with van der Waals surface area (Å²) in [5.41, 5.74) is 1.34. The van der Waals surface area contributed by atoms with Crippen LogP contribution in [-0.2, 0) is 6.42 Å². The van der Waals surface area contributed by atoms with Gasteiger partial charge in [0.25, 0.3) is 0 Å². The number of aryl methyl sites for hydroxylation is 1. The fourth-order valence-electron chi connectivity index (χ4n) is 1.05. The molecule has 1 heterocycles. The maximum atomic E-state index is 8.27. The van der Waals surface area contributed by atoms with Crippen LogP contribution in [-0.4, -0.2) is 4.98 Å². The fraction of sp³-hybridized carbons (Fsp3) is 0.444. The molecule has 0 radical (unpaired) electrons. The number of hydrogen-bond acceptors (Lipinski definition) is 1. The van der Waals surface area contributed by atoms with Gasteiger partial charge in [0.2, 0.25) is 0 Å². The van der Waals surface area contributed by atoms with Gasteiger partial charge in [0.15, 0.2) is 0 Å². The van der Waals surface area contributed by atoms with Crippen LogP contribution in [0.5, 0.6) is 0 Å². The highest BCUT2D eigenvalue weighted by atomic mass is 14.6. The average molecular weight is 148 g/mol. The number of H-pyrrole nitrogens is 1. The third-order valence-electron chi connectivity index (χ3n) is 1.67. The molecule has 0 fully saturated rings. The molecule has 58 valence electrons. The van der Waals surface area contributed by atoms with Crippen molar-refractivity contribution in [2.24, 2.45) is 0 Å². The van der Waals surface area contributed by atoms with E-state index in [2.05, 4.69) is 17.1 Å². The highest BCUT2D eigenvalue weighted by molar-refractivity contribution is 5.07. The van der Waals surface area contributed by atoms with Crippen molar-refractivity contribution in [3.05, 3.63) is 24.0 Å². The molecule has 2 heteroatoms. The second-order valence-corrected chi connectivity index (χ2v) is 2.58. The predicted octanol–water partition coefficient (Wildman–Crippen LogP) is 2.25. The van der Waals surface area contributed by atoms with Crippen LogP contribution in [0.25, 0.3) is 0 Å². The summed E-state index contributed by atoms with van der Waals surface area (Å²) in [7, 11) is 0. The summed E-state index contributed by atoms with van der Waals surface area (Å²) in [5, 5.41) is 8.27. The molecule has 11 heavy (non-hydrogen) atoms. The number of unbranched alkanes of at least 4 members (excludes halogenated alkanes) is 2. The van der Waals surface area contributed by atoms with E-state index in [1.165, 1.54) is 5.56 Å². The van der Waals surface area contributed by atoms with Gasteiger partial charge in [-0.25, -0.2) is 0 Å². The molecule has 0 spiro atoms. The van der Waals surface area contributed by atoms with Crippen molar-refractivity contribution in [2.45, 2.75) is 25.7 Å². The van der Waals surface area contributed by atoms with Gasteiger partial charge in [-0.3, -0.25) is 0 Å². The van der Waals surface area contributed by atoms with E-state index in [0.717, 1.165) is 19.3 Å². The highest BCUT2D eigenvalue weighted by Crippen LogP contribution is 2.04. The number of hydrogen-bond donors (Lipinski definition) is 1. The summed E-state index contributed by atoms with van der Waals surface area (Å²) < 4.78 is 0. The number of nitrogens with zero attached hydrogens (tertiary/aromatic N) is 1. The summed E-state index contributed by atoms with van der Waals surface area (Å²) >= 11 is 0. The molecular formula is C9H12N2. The van der Waals surface area contributed by atoms with Crippen molar-refractivity contribution in [3.8, 4) is 6.07 Å². The Morgan fingerprint density at radius 1 is 1.45 bits per heavy atom. The molecular weight excluding hydrogens is 136 g/mol. The van der Waals surface area contributed by atoms with Crippen LogP contribution in [0.2, 0.25) is 0 Å². The van der Waals surface area contributed by atoms with Gasteiger partial charge < -0.3 is 4.98 Å². The van der Waals surface area contributed by atoms with Crippen molar-refractivity contribution in [1.82, 2.24) is 4.98 Å². The molecule has 0 aromatic carbocycles. The fourth-order valence-corrected chi connectivity index (χ4v) is 1.05. The van der Waals surface area contributed by atoms with Crippen LogP contribution in [0.1, 0.15) is 24.8 Å². The summed E-state index contributed by atoms with van der Waals surface area (Å²) in [5.74, 6) is 0. The van der Waals surface area contributed by atoms with Gasteiger partial charge in [-0.15, -0.1) is 0 Å². The van der Waals surface area contributed by atoms with E-state index < -0.39 is 0 Å². The Morgan fingerprint density at radius 2 is 2.36 bits per heavy atom. The largest absolute Gasteiger partial charge is 0.367 e. The molecule has 1 aromatic heterocycles. The van der Waals surface area contributed by atoms with Gasteiger partial charge in [-0.05, 0) is 30.9 Å². The minimum atomic E-state index is 0.685. The van der Waals surface area contributed by atoms with Crippen LogP contribution in [0.15, 0.2) is 18.5 Å². The van der Waals surface area contributed by atoms with E-state index >= 15 is 0 Å². The highest BCUT2D eigenvalue weighted by Gasteiger charge is 1.91. The first-order valence-electron chi connectivity index (χ1n) is 3.92. The van der Waals surface area contributed by atoms with Crippen LogP contribution in [0.4, 0.5) is 0 Å². The van der Waals surface area contributed by atoms with Crippen LogP contribution in [0, 0.1) is 11.3 Å². The van der Waals surface area contributed by atoms with Crippen molar-refractivity contribution in [3.63, 3.8) is 0 Å². The van der Waals surface area contributed by atoms with Crippen molar-refractivity contribution < 1.29 is 0 Å². The normalized spacial score (nSPS) is 9.36. The van der Waals surface area contributed by atoms with Crippen LogP contribution >= 0.6 is 0 Å². The lowest BCUT2D eigenvalue weighted by Crippen LogP contribution is -1.81. The third-order valence-corrected chi connectivity index (χ3v) is 1.67. The molecule has 0 aliphatic carbocycles. The molecule has 0 saturated heterocycles. The van der Waals surface area contributed by atoms with Gasteiger partial charge in [0.05, 0.1) is 6.07 Å². The number of aromatic nitrogens is 1. The van der Waals surface area contributed by atoms with Crippen molar-refractivity contribution >= 4 is 0 Å². The summed E-state index contributed by atoms with van der Waals surface area (Å²) in [6.45, 7) is 0. The molecule has 0 unspecified atom stereocenters. The van der Waals surface area contributed by atoms with E-state index in [9.17, 15) is 0 Å². The molecule has 2 nitrogen and oxygen atoms in total. The monoisotopic (exact) mass is 148 g/mol. The Balaban J connectivity index is 2.10. The summed E-state index contributed by atoms with van der Waals surface area (Å²) in [4.78, 5) is 3.01. The molecule has 1 rings (SSSR count). The van der Waals surface area contributed by atoms with E-state index in [4.69, 9.17) is 5.26 Å². The summed E-state index contributed by atoms with van der Waals surface area (Å²) in [6, 6.07) is 4.22. The Morgan fingerprint density at radius 3 is 3.00 bits per heavy atom. The maximum absolute atomic E-state index is 8.27. The van der Waals surface area contributed by atoms with Gasteiger partial charge in [0, 0.05) is 18.8 Å². The van der Waals surface area contributed by atoms with Crippen molar-refractivity contribution in [2.75, 3.05) is 0 Å². The molecule has 0 aliphatic rings. The average Bonchev–Trinajstić information content (AvgIpc) is 2.50. The molecule has 0 atom stereocenters. The third kappa shape index (κ3) is 2.90. The molecule has 0 amide bonds. The predicted molar refractivity (Wildman–Crippen MR) is 44.0 cm³/mol. The molecule has 0 bridgehead atoms. The van der Waals surface area contributed by atoms with Gasteiger partial charge in [0.1, 0.15) is 0 Å². The minimum Gasteiger partial charge on any atom is -0.367 e. The SMILES string of the molecule is N#CCCCCc1cc[nH]c1. The minimum absolute atomic E-state index is 0.685. The first-order valence-corrected chi connectivity index (χ1v) is 3.92. The molecule has 1 aromatic rings. The Labute approximate surface area is 66.9 Å². The van der Waals surface area contributed by atoms with E-state index in [-0.39, 0.29) is 0 Å². The molecule has 1 N–H and O–H groups in total. The first kappa shape index (κ1) is 7.87. The van der Waals surface area contributed by atoms with E-state index in [1.54, 1.807) is 0 Å². The molecule has 0 saturated carbocycles. The quantitative estimate of drug-likeness (QED) is 0.653. The first-order chi connectivity index (χ1) is 5.43. The Hall–Kier alpha value is -1.23. The second-order valence-electron chi connectivity index (χ2n) is 2.58. The number of nitrogens with one attached hydrogen (secondary N) is 1. The topological polar surface area (TPSA) is 39.6 Å². The zero-order valence-electron chi connectivity index (χ0n) is 6.51. The van der Waals surface area contributed by atoms with Crippen LogP contribution in [0.3, 0.4) is 0 Å². The smallest absolute Gasteiger partial charge is 0.0621 e. The second kappa shape index (κ2) is 4.56.